The molecule has 0 spiro atoms. The van der Waals surface area contributed by atoms with Crippen LogP contribution in [0.25, 0.3) is 0 Å². The Morgan fingerprint density at radius 1 is 1.44 bits per heavy atom. The van der Waals surface area contributed by atoms with E-state index < -0.39 is 4.92 Å². The number of nitrogens with zero attached hydrogens (tertiary/aromatic N) is 2. The Morgan fingerprint density at radius 2 is 2.11 bits per heavy atom. The monoisotopic (exact) mass is 249 g/mol. The van der Waals surface area contributed by atoms with Gasteiger partial charge in [0.15, 0.2) is 0 Å². The first-order valence-corrected chi connectivity index (χ1v) is 5.70. The summed E-state index contributed by atoms with van der Waals surface area (Å²) in [6.07, 6.45) is 3.69. The summed E-state index contributed by atoms with van der Waals surface area (Å²) in [5.41, 5.74) is 3.12. The number of nitro benzene ring substituents is 1. The van der Waals surface area contributed by atoms with Crippen molar-refractivity contribution >= 4 is 17.8 Å². The van der Waals surface area contributed by atoms with E-state index in [1.165, 1.54) is 18.3 Å². The minimum Gasteiger partial charge on any atom is -0.273 e. The van der Waals surface area contributed by atoms with Crippen molar-refractivity contribution in [1.82, 2.24) is 5.43 Å². The zero-order chi connectivity index (χ0) is 13.4. The number of carbonyl (C=O) groups excluding carboxylic acids is 1. The zero-order valence-electron chi connectivity index (χ0n) is 10.1. The molecule has 18 heavy (non-hydrogen) atoms. The van der Waals surface area contributed by atoms with Crippen LogP contribution in [-0.4, -0.2) is 17.0 Å². The van der Waals surface area contributed by atoms with Gasteiger partial charge in [0.2, 0.25) is 5.91 Å². The fourth-order valence-electron chi connectivity index (χ4n) is 1.25. The fourth-order valence-corrected chi connectivity index (χ4v) is 1.25. The third-order valence-corrected chi connectivity index (χ3v) is 2.26. The molecule has 1 N–H and O–H groups in total. The van der Waals surface area contributed by atoms with Gasteiger partial charge in [-0.15, -0.1) is 0 Å². The topological polar surface area (TPSA) is 84.6 Å². The molecule has 96 valence electrons. The summed E-state index contributed by atoms with van der Waals surface area (Å²) >= 11 is 0. The lowest BCUT2D eigenvalue weighted by Gasteiger charge is -1.97. The van der Waals surface area contributed by atoms with Crippen molar-refractivity contribution in [2.24, 2.45) is 5.10 Å². The first kappa shape index (κ1) is 13.8. The van der Waals surface area contributed by atoms with Crippen LogP contribution in [-0.2, 0) is 4.79 Å². The molecule has 6 nitrogen and oxygen atoms in total. The lowest BCUT2D eigenvalue weighted by Crippen LogP contribution is -2.16. The molecule has 0 bridgehead atoms. The van der Waals surface area contributed by atoms with Crippen molar-refractivity contribution < 1.29 is 9.72 Å². The minimum absolute atomic E-state index is 0.0270. The highest BCUT2D eigenvalue weighted by atomic mass is 16.6. The van der Waals surface area contributed by atoms with Gasteiger partial charge in [-0.2, -0.15) is 5.10 Å². The predicted octanol–water partition coefficient (Wildman–Crippen LogP) is 2.24. The molecule has 0 atom stereocenters. The Labute approximate surface area is 105 Å². The number of amides is 1. The summed E-state index contributed by atoms with van der Waals surface area (Å²) < 4.78 is 0. The van der Waals surface area contributed by atoms with Gasteiger partial charge in [-0.3, -0.25) is 14.9 Å². The fraction of sp³-hybridized carbons (Fsp3) is 0.333. The van der Waals surface area contributed by atoms with E-state index in [-0.39, 0.29) is 11.6 Å². The van der Waals surface area contributed by atoms with Crippen LogP contribution in [0.15, 0.2) is 29.4 Å². The van der Waals surface area contributed by atoms with Crippen LogP contribution in [0.1, 0.15) is 31.7 Å². The minimum atomic E-state index is -0.465. The van der Waals surface area contributed by atoms with Crippen LogP contribution in [0.4, 0.5) is 5.69 Å². The second kappa shape index (κ2) is 7.16. The molecule has 0 saturated carbocycles. The Morgan fingerprint density at radius 3 is 2.67 bits per heavy atom. The van der Waals surface area contributed by atoms with Gasteiger partial charge >= 0.3 is 0 Å². The van der Waals surface area contributed by atoms with Gasteiger partial charge in [0, 0.05) is 18.6 Å². The van der Waals surface area contributed by atoms with E-state index in [2.05, 4.69) is 10.5 Å². The van der Waals surface area contributed by atoms with Gasteiger partial charge in [-0.1, -0.05) is 13.3 Å². The molecule has 0 radical (unpaired) electrons. The van der Waals surface area contributed by atoms with Crippen molar-refractivity contribution in [2.75, 3.05) is 0 Å². The average molecular weight is 249 g/mol. The molecule has 0 aliphatic heterocycles. The molecule has 0 aliphatic carbocycles. The summed E-state index contributed by atoms with van der Waals surface area (Å²) in [6, 6.07) is 5.92. The normalized spacial score (nSPS) is 10.5. The summed E-state index contributed by atoms with van der Waals surface area (Å²) in [4.78, 5) is 21.2. The molecule has 0 heterocycles. The maximum absolute atomic E-state index is 11.2. The number of unbranched alkanes of at least 4 members (excludes halogenated alkanes) is 1. The van der Waals surface area contributed by atoms with Gasteiger partial charge in [-0.05, 0) is 24.1 Å². The number of nitro groups is 1. The first-order valence-electron chi connectivity index (χ1n) is 5.70. The SMILES string of the molecule is CCCCC(=O)NN=Cc1ccc([N+](=O)[O-])cc1. The molecule has 0 fully saturated rings. The number of rotatable bonds is 6. The molecule has 0 aliphatic rings. The standard InChI is InChI=1S/C12H15N3O3/c1-2-3-4-12(16)14-13-9-10-5-7-11(8-6-10)15(17)18/h5-9H,2-4H2,1H3,(H,14,16). The summed E-state index contributed by atoms with van der Waals surface area (Å²) in [5.74, 6) is -0.130. The van der Waals surface area contributed by atoms with E-state index in [4.69, 9.17) is 0 Å². The summed E-state index contributed by atoms with van der Waals surface area (Å²) in [5, 5.41) is 14.2. The molecular weight excluding hydrogens is 234 g/mol. The van der Waals surface area contributed by atoms with Crippen molar-refractivity contribution in [1.29, 1.82) is 0 Å². The van der Waals surface area contributed by atoms with Gasteiger partial charge < -0.3 is 0 Å². The van der Waals surface area contributed by atoms with Gasteiger partial charge in [-0.25, -0.2) is 5.43 Å². The van der Waals surface area contributed by atoms with Crippen molar-refractivity contribution in [3.05, 3.63) is 39.9 Å². The maximum Gasteiger partial charge on any atom is 0.269 e. The Balaban J connectivity index is 2.47. The molecule has 1 aromatic rings. The van der Waals surface area contributed by atoms with Crippen LogP contribution in [0.3, 0.4) is 0 Å². The van der Waals surface area contributed by atoms with Gasteiger partial charge in [0.25, 0.3) is 5.69 Å². The number of non-ortho nitro benzene ring substituents is 1. The van der Waals surface area contributed by atoms with E-state index in [1.807, 2.05) is 6.92 Å². The van der Waals surface area contributed by atoms with E-state index in [1.54, 1.807) is 12.1 Å². The number of nitrogens with one attached hydrogen (secondary N) is 1. The molecule has 0 saturated heterocycles. The Kier molecular flexibility index (Phi) is 5.50. The number of hydrogen-bond donors (Lipinski definition) is 1. The van der Waals surface area contributed by atoms with E-state index >= 15 is 0 Å². The van der Waals surface area contributed by atoms with E-state index in [0.29, 0.717) is 12.0 Å². The molecule has 6 heteroatoms. The largest absolute Gasteiger partial charge is 0.273 e. The van der Waals surface area contributed by atoms with Crippen LogP contribution < -0.4 is 5.43 Å². The number of benzene rings is 1. The van der Waals surface area contributed by atoms with Gasteiger partial charge in [0.05, 0.1) is 11.1 Å². The maximum atomic E-state index is 11.2. The predicted molar refractivity (Wildman–Crippen MR) is 68.4 cm³/mol. The summed E-state index contributed by atoms with van der Waals surface area (Å²) in [7, 11) is 0. The smallest absolute Gasteiger partial charge is 0.269 e. The number of hydrogen-bond acceptors (Lipinski definition) is 4. The van der Waals surface area contributed by atoms with Crippen molar-refractivity contribution in [2.45, 2.75) is 26.2 Å². The Bertz CT molecular complexity index is 440. The number of hydrazone groups is 1. The van der Waals surface area contributed by atoms with Crippen LogP contribution in [0, 0.1) is 10.1 Å². The second-order valence-electron chi connectivity index (χ2n) is 3.75. The molecule has 0 aromatic heterocycles. The van der Waals surface area contributed by atoms with Crippen LogP contribution >= 0.6 is 0 Å². The van der Waals surface area contributed by atoms with Crippen molar-refractivity contribution in [3.8, 4) is 0 Å². The van der Waals surface area contributed by atoms with Crippen LogP contribution in [0.5, 0.6) is 0 Å². The molecule has 1 rings (SSSR count). The highest BCUT2D eigenvalue weighted by molar-refractivity contribution is 5.82. The summed E-state index contributed by atoms with van der Waals surface area (Å²) in [6.45, 7) is 2.01. The molecule has 1 amide bonds. The van der Waals surface area contributed by atoms with E-state index in [0.717, 1.165) is 12.8 Å². The van der Waals surface area contributed by atoms with E-state index in [9.17, 15) is 14.9 Å². The quantitative estimate of drug-likeness (QED) is 0.476. The van der Waals surface area contributed by atoms with Gasteiger partial charge in [0.1, 0.15) is 0 Å². The molecule has 1 aromatic carbocycles. The third kappa shape index (κ3) is 4.73. The zero-order valence-corrected chi connectivity index (χ0v) is 10.1. The first-order chi connectivity index (χ1) is 8.63. The Hall–Kier alpha value is -2.24. The molecular formula is C12H15N3O3. The second-order valence-corrected chi connectivity index (χ2v) is 3.75. The highest BCUT2D eigenvalue weighted by Gasteiger charge is 2.02. The third-order valence-electron chi connectivity index (χ3n) is 2.26. The average Bonchev–Trinajstić information content (AvgIpc) is 2.37. The highest BCUT2D eigenvalue weighted by Crippen LogP contribution is 2.10. The lowest BCUT2D eigenvalue weighted by atomic mass is 10.2. The van der Waals surface area contributed by atoms with Crippen molar-refractivity contribution in [3.63, 3.8) is 0 Å². The van der Waals surface area contributed by atoms with Crippen LogP contribution in [0.2, 0.25) is 0 Å². The number of carbonyl (C=O) groups is 1. The molecule has 0 unspecified atom stereocenters. The lowest BCUT2D eigenvalue weighted by molar-refractivity contribution is -0.384.